The van der Waals surface area contributed by atoms with E-state index in [4.69, 9.17) is 4.74 Å². The summed E-state index contributed by atoms with van der Waals surface area (Å²) >= 11 is 0. The third kappa shape index (κ3) is 1.90. The molecular weight excluding hydrogens is 216 g/mol. The van der Waals surface area contributed by atoms with E-state index in [1.54, 1.807) is 0 Å². The van der Waals surface area contributed by atoms with Gasteiger partial charge in [-0.15, -0.1) is 0 Å². The first-order valence-electron chi connectivity index (χ1n) is 6.50. The van der Waals surface area contributed by atoms with Gasteiger partial charge < -0.3 is 4.74 Å². The Morgan fingerprint density at radius 1 is 1.29 bits per heavy atom. The molecule has 2 fully saturated rings. The number of Topliss-reactive ketones (excluding diaryl/α,β-unsaturated/α-hetero) is 1. The quantitative estimate of drug-likeness (QED) is 0.520. The fourth-order valence-corrected chi connectivity index (χ4v) is 3.79. The van der Waals surface area contributed by atoms with E-state index in [1.807, 2.05) is 13.8 Å². The maximum absolute atomic E-state index is 12.4. The predicted octanol–water partition coefficient (Wildman–Crippen LogP) is 2.44. The van der Waals surface area contributed by atoms with Crippen LogP contribution in [0.2, 0.25) is 0 Å². The average molecular weight is 238 g/mol. The van der Waals surface area contributed by atoms with E-state index in [2.05, 4.69) is 6.92 Å². The average Bonchev–Trinajstić information content (AvgIpc) is 2.60. The van der Waals surface area contributed by atoms with Crippen molar-refractivity contribution in [3.63, 3.8) is 0 Å². The predicted molar refractivity (Wildman–Crippen MR) is 64.3 cm³/mol. The first-order chi connectivity index (χ1) is 7.88. The van der Waals surface area contributed by atoms with Crippen molar-refractivity contribution in [2.24, 2.45) is 29.1 Å². The van der Waals surface area contributed by atoms with Crippen LogP contribution >= 0.6 is 0 Å². The third-order valence-electron chi connectivity index (χ3n) is 4.81. The van der Waals surface area contributed by atoms with Crippen LogP contribution in [0.5, 0.6) is 0 Å². The van der Waals surface area contributed by atoms with Crippen LogP contribution in [0.15, 0.2) is 0 Å². The maximum Gasteiger partial charge on any atom is 0.316 e. The molecular formula is C14H22O3. The minimum absolute atomic E-state index is 0.0831. The molecule has 3 nitrogen and oxygen atoms in total. The lowest BCUT2D eigenvalue weighted by molar-refractivity contribution is -0.159. The summed E-state index contributed by atoms with van der Waals surface area (Å²) in [5, 5.41) is 0. The zero-order valence-electron chi connectivity index (χ0n) is 11.2. The Kier molecular flexibility index (Phi) is 3.04. The number of fused-ring (bicyclic) bond motifs is 1. The van der Waals surface area contributed by atoms with Crippen LogP contribution in [0.25, 0.3) is 0 Å². The van der Waals surface area contributed by atoms with E-state index in [0.717, 1.165) is 19.3 Å². The first kappa shape index (κ1) is 12.6. The van der Waals surface area contributed by atoms with E-state index in [0.29, 0.717) is 11.8 Å². The second-order valence-corrected chi connectivity index (χ2v) is 6.34. The highest BCUT2D eigenvalue weighted by Gasteiger charge is 2.54. The molecule has 0 unspecified atom stereocenters. The molecule has 17 heavy (non-hydrogen) atoms. The fraction of sp³-hybridized carbons (Fsp3) is 0.857. The normalized spacial score (nSPS) is 39.9. The summed E-state index contributed by atoms with van der Waals surface area (Å²) in [6.07, 6.45) is 3.05. The summed E-state index contributed by atoms with van der Waals surface area (Å²) in [7, 11) is 1.38. The molecule has 0 aromatic rings. The number of hydrogen-bond acceptors (Lipinski definition) is 3. The molecule has 0 aromatic heterocycles. The highest BCUT2D eigenvalue weighted by molar-refractivity contribution is 6.02. The number of carbonyl (C=O) groups excluding carboxylic acids is 2. The van der Waals surface area contributed by atoms with Gasteiger partial charge in [0.15, 0.2) is 5.78 Å². The Morgan fingerprint density at radius 2 is 1.94 bits per heavy atom. The zero-order valence-corrected chi connectivity index (χ0v) is 11.2. The monoisotopic (exact) mass is 238 g/mol. The number of ketones is 1. The lowest BCUT2D eigenvalue weighted by atomic mass is 9.61. The summed E-state index contributed by atoms with van der Waals surface area (Å²) in [4.78, 5) is 24.3. The maximum atomic E-state index is 12.4. The first-order valence-corrected chi connectivity index (χ1v) is 6.50. The highest BCUT2D eigenvalue weighted by atomic mass is 16.5. The van der Waals surface area contributed by atoms with E-state index in [-0.39, 0.29) is 23.1 Å². The molecule has 2 aliphatic rings. The van der Waals surface area contributed by atoms with Crippen molar-refractivity contribution in [2.75, 3.05) is 7.11 Å². The summed E-state index contributed by atoms with van der Waals surface area (Å²) in [6.45, 7) is 6.17. The van der Waals surface area contributed by atoms with Gasteiger partial charge in [-0.25, -0.2) is 0 Å². The Hall–Kier alpha value is -0.860. The molecule has 0 saturated heterocycles. The summed E-state index contributed by atoms with van der Waals surface area (Å²) < 4.78 is 4.84. The van der Waals surface area contributed by atoms with Gasteiger partial charge in [-0.05, 0) is 30.6 Å². The van der Waals surface area contributed by atoms with Crippen molar-refractivity contribution in [3.8, 4) is 0 Å². The number of carbonyl (C=O) groups is 2. The Morgan fingerprint density at radius 3 is 2.53 bits per heavy atom. The molecule has 0 amide bonds. The molecule has 0 heterocycles. The standard InChI is InChI=1S/C14H22O3/c1-8-5-6-9-10(8)7-14(2,3)12(15)11(9)13(16)17-4/h8-11H,5-7H2,1-4H3/t8-,9+,10+,11-/m0/s1. The molecule has 0 N–H and O–H groups in total. The second-order valence-electron chi connectivity index (χ2n) is 6.34. The largest absolute Gasteiger partial charge is 0.468 e. The summed E-state index contributed by atoms with van der Waals surface area (Å²) in [5.41, 5.74) is -0.376. The lowest BCUT2D eigenvalue weighted by Crippen LogP contribution is -2.48. The van der Waals surface area contributed by atoms with Crippen molar-refractivity contribution in [2.45, 2.75) is 40.0 Å². The number of methoxy groups -OCH3 is 1. The molecule has 0 spiro atoms. The Balaban J connectivity index is 2.34. The molecule has 2 rings (SSSR count). The van der Waals surface area contributed by atoms with Crippen molar-refractivity contribution in [1.82, 2.24) is 0 Å². The van der Waals surface area contributed by atoms with Crippen LogP contribution in [0.4, 0.5) is 0 Å². The molecule has 0 aromatic carbocycles. The summed E-state index contributed by atoms with van der Waals surface area (Å²) in [5.74, 6) is 0.592. The third-order valence-corrected chi connectivity index (χ3v) is 4.81. The number of esters is 1. The van der Waals surface area contributed by atoms with Crippen LogP contribution < -0.4 is 0 Å². The number of hydrogen-bond donors (Lipinski definition) is 0. The molecule has 0 aliphatic heterocycles. The molecule has 0 radical (unpaired) electrons. The lowest BCUT2D eigenvalue weighted by Gasteiger charge is -2.41. The fourth-order valence-electron chi connectivity index (χ4n) is 3.79. The van der Waals surface area contributed by atoms with Gasteiger partial charge in [0.1, 0.15) is 5.92 Å². The number of ether oxygens (including phenoxy) is 1. The molecule has 2 aliphatic carbocycles. The van der Waals surface area contributed by atoms with E-state index in [9.17, 15) is 9.59 Å². The van der Waals surface area contributed by atoms with Gasteiger partial charge in [0, 0.05) is 5.41 Å². The van der Waals surface area contributed by atoms with Gasteiger partial charge >= 0.3 is 5.97 Å². The van der Waals surface area contributed by atoms with E-state index >= 15 is 0 Å². The van der Waals surface area contributed by atoms with Gasteiger partial charge in [0.25, 0.3) is 0 Å². The van der Waals surface area contributed by atoms with Crippen LogP contribution in [0.3, 0.4) is 0 Å². The van der Waals surface area contributed by atoms with Crippen molar-refractivity contribution in [3.05, 3.63) is 0 Å². The minimum Gasteiger partial charge on any atom is -0.468 e. The van der Waals surface area contributed by atoms with Crippen LogP contribution in [0.1, 0.15) is 40.0 Å². The molecule has 2 saturated carbocycles. The van der Waals surface area contributed by atoms with E-state index < -0.39 is 5.92 Å². The zero-order chi connectivity index (χ0) is 12.8. The summed E-state index contributed by atoms with van der Waals surface area (Å²) in [6, 6.07) is 0. The van der Waals surface area contributed by atoms with Crippen molar-refractivity contribution in [1.29, 1.82) is 0 Å². The molecule has 4 atom stereocenters. The van der Waals surface area contributed by atoms with Gasteiger partial charge in [-0.3, -0.25) is 9.59 Å². The van der Waals surface area contributed by atoms with E-state index in [1.165, 1.54) is 7.11 Å². The Bertz CT molecular complexity index is 345. The van der Waals surface area contributed by atoms with Crippen LogP contribution in [0, 0.1) is 29.1 Å². The Labute approximate surface area is 103 Å². The van der Waals surface area contributed by atoms with Crippen molar-refractivity contribution >= 4 is 11.8 Å². The highest BCUT2D eigenvalue weighted by Crippen LogP contribution is 2.52. The SMILES string of the molecule is COC(=O)[C@@H]1C(=O)C(C)(C)C[C@H]2[C@H]1CC[C@@H]2C. The molecule has 96 valence electrons. The molecule has 3 heteroatoms. The van der Waals surface area contributed by atoms with Gasteiger partial charge in [-0.1, -0.05) is 27.2 Å². The van der Waals surface area contributed by atoms with Gasteiger partial charge in [-0.2, -0.15) is 0 Å². The minimum atomic E-state index is -0.515. The van der Waals surface area contributed by atoms with Crippen LogP contribution in [-0.2, 0) is 14.3 Å². The topological polar surface area (TPSA) is 43.4 Å². The van der Waals surface area contributed by atoms with Gasteiger partial charge in [0.05, 0.1) is 7.11 Å². The molecule has 0 bridgehead atoms. The van der Waals surface area contributed by atoms with Gasteiger partial charge in [0.2, 0.25) is 0 Å². The number of rotatable bonds is 1. The van der Waals surface area contributed by atoms with Crippen molar-refractivity contribution < 1.29 is 14.3 Å². The second kappa shape index (κ2) is 4.11. The van der Waals surface area contributed by atoms with Crippen LogP contribution in [-0.4, -0.2) is 18.9 Å². The smallest absolute Gasteiger partial charge is 0.316 e.